The zero-order valence-electron chi connectivity index (χ0n) is 8.08. The fourth-order valence-corrected chi connectivity index (χ4v) is 1.80. The number of hydrogen-bond donors (Lipinski definition) is 1. The molecule has 0 heterocycles. The maximum absolute atomic E-state index is 10.7. The molecule has 5 heteroatoms. The van der Waals surface area contributed by atoms with Crippen LogP contribution in [-0.4, -0.2) is 20.4 Å². The molecule has 0 aliphatic heterocycles. The van der Waals surface area contributed by atoms with Gasteiger partial charge in [0.15, 0.2) is 0 Å². The molecule has 0 radical (unpaired) electrons. The molecular formula is C8H16N2O2S. The monoisotopic (exact) mass is 204 g/mol. The van der Waals surface area contributed by atoms with Crippen LogP contribution in [0.2, 0.25) is 0 Å². The highest BCUT2D eigenvalue weighted by Crippen LogP contribution is 2.25. The second kappa shape index (κ2) is 4.09. The topological polar surface area (TPSA) is 58.5 Å². The lowest BCUT2D eigenvalue weighted by molar-refractivity contribution is 0.540. The minimum atomic E-state index is -3.17. The summed E-state index contributed by atoms with van der Waals surface area (Å²) in [6.07, 6.45) is 5.28. The highest BCUT2D eigenvalue weighted by molar-refractivity contribution is 7.88. The lowest BCUT2D eigenvalue weighted by atomic mass is 10.1. The van der Waals surface area contributed by atoms with E-state index in [2.05, 4.69) is 16.9 Å². The zero-order valence-corrected chi connectivity index (χ0v) is 8.89. The molecule has 0 aromatic carbocycles. The van der Waals surface area contributed by atoms with E-state index in [1.54, 1.807) is 0 Å². The molecule has 1 atom stereocenters. The van der Waals surface area contributed by atoms with Crippen molar-refractivity contribution >= 4 is 15.7 Å². The summed E-state index contributed by atoms with van der Waals surface area (Å²) in [5.41, 5.74) is 0.984. The number of hydrazone groups is 1. The van der Waals surface area contributed by atoms with Crippen molar-refractivity contribution < 1.29 is 8.42 Å². The molecule has 0 amide bonds. The summed E-state index contributed by atoms with van der Waals surface area (Å²) < 4.78 is 21.4. The molecule has 0 aromatic rings. The van der Waals surface area contributed by atoms with E-state index in [1.165, 1.54) is 0 Å². The summed E-state index contributed by atoms with van der Waals surface area (Å²) in [5, 5.41) is 3.87. The van der Waals surface area contributed by atoms with Gasteiger partial charge in [0.05, 0.1) is 6.26 Å². The van der Waals surface area contributed by atoms with Crippen molar-refractivity contribution in [3.63, 3.8) is 0 Å². The first kappa shape index (κ1) is 10.5. The minimum Gasteiger partial charge on any atom is -0.206 e. The first-order valence-electron chi connectivity index (χ1n) is 4.53. The molecule has 0 saturated heterocycles. The molecule has 1 unspecified atom stereocenters. The Kier molecular flexibility index (Phi) is 3.30. The first-order chi connectivity index (χ1) is 6.01. The molecule has 0 spiro atoms. The summed E-state index contributed by atoms with van der Waals surface area (Å²) in [4.78, 5) is 2.17. The summed E-state index contributed by atoms with van der Waals surface area (Å²) in [6.45, 7) is 2.15. The number of rotatable bonds is 3. The Balaban J connectivity index is 2.47. The van der Waals surface area contributed by atoms with Gasteiger partial charge in [0.25, 0.3) is 0 Å². The van der Waals surface area contributed by atoms with Gasteiger partial charge in [-0.25, -0.2) is 13.2 Å². The molecule has 1 saturated carbocycles. The van der Waals surface area contributed by atoms with E-state index in [-0.39, 0.29) is 0 Å². The van der Waals surface area contributed by atoms with E-state index in [0.29, 0.717) is 5.92 Å². The van der Waals surface area contributed by atoms with E-state index in [9.17, 15) is 8.42 Å². The molecule has 4 nitrogen and oxygen atoms in total. The number of nitrogens with zero attached hydrogens (tertiary/aromatic N) is 1. The molecule has 0 aromatic heterocycles. The van der Waals surface area contributed by atoms with Crippen LogP contribution in [0.1, 0.15) is 32.6 Å². The Morgan fingerprint density at radius 2 is 2.31 bits per heavy atom. The fourth-order valence-electron chi connectivity index (χ4n) is 1.51. The predicted molar refractivity (Wildman–Crippen MR) is 53.0 cm³/mol. The van der Waals surface area contributed by atoms with Gasteiger partial charge in [0.1, 0.15) is 0 Å². The molecular weight excluding hydrogens is 188 g/mol. The van der Waals surface area contributed by atoms with Gasteiger partial charge in [-0.3, -0.25) is 0 Å². The molecule has 1 aliphatic carbocycles. The van der Waals surface area contributed by atoms with Crippen LogP contribution in [0.4, 0.5) is 0 Å². The maximum atomic E-state index is 10.7. The van der Waals surface area contributed by atoms with Crippen molar-refractivity contribution in [2.75, 3.05) is 6.26 Å². The molecule has 76 valence electrons. The fraction of sp³-hybridized carbons (Fsp3) is 0.875. The second-order valence-corrected chi connectivity index (χ2v) is 5.29. The van der Waals surface area contributed by atoms with E-state index >= 15 is 0 Å². The van der Waals surface area contributed by atoms with Gasteiger partial charge in [-0.2, -0.15) is 5.10 Å². The van der Waals surface area contributed by atoms with Crippen molar-refractivity contribution in [3.05, 3.63) is 0 Å². The summed E-state index contributed by atoms with van der Waals surface area (Å²) in [6, 6.07) is 0. The smallest absolute Gasteiger partial charge is 0.206 e. The summed E-state index contributed by atoms with van der Waals surface area (Å²) in [7, 11) is -3.17. The molecule has 1 N–H and O–H groups in total. The third kappa shape index (κ3) is 3.76. The normalized spacial score (nSPS) is 26.6. The van der Waals surface area contributed by atoms with Crippen molar-refractivity contribution in [2.24, 2.45) is 11.0 Å². The Morgan fingerprint density at radius 1 is 1.62 bits per heavy atom. The SMILES string of the molecule is CCC1CC/C(=N\NS(C)(=O)=O)C1. The second-order valence-electron chi connectivity index (χ2n) is 3.56. The van der Waals surface area contributed by atoms with E-state index < -0.39 is 10.0 Å². The molecule has 0 bridgehead atoms. The highest BCUT2D eigenvalue weighted by atomic mass is 32.2. The standard InChI is InChI=1S/C8H16N2O2S/c1-3-7-4-5-8(6-7)9-10-13(2,11)12/h7,10H,3-6H2,1-2H3/b9-8+. The predicted octanol–water partition coefficient (Wildman–Crippen LogP) is 1.10. The number of sulfonamides is 1. The van der Waals surface area contributed by atoms with Gasteiger partial charge in [-0.1, -0.05) is 13.3 Å². The Bertz CT molecular complexity index is 295. The largest absolute Gasteiger partial charge is 0.244 e. The van der Waals surface area contributed by atoms with E-state index in [4.69, 9.17) is 0 Å². The van der Waals surface area contributed by atoms with Gasteiger partial charge in [0.2, 0.25) is 10.0 Å². The maximum Gasteiger partial charge on any atom is 0.244 e. The third-order valence-corrected chi connectivity index (χ3v) is 2.74. The number of nitrogens with one attached hydrogen (secondary N) is 1. The lowest BCUT2D eigenvalue weighted by Gasteiger charge is -2.01. The van der Waals surface area contributed by atoms with Crippen LogP contribution >= 0.6 is 0 Å². The lowest BCUT2D eigenvalue weighted by Crippen LogP contribution is -2.17. The van der Waals surface area contributed by atoms with Crippen molar-refractivity contribution in [3.8, 4) is 0 Å². The van der Waals surface area contributed by atoms with E-state index in [0.717, 1.165) is 37.7 Å². The van der Waals surface area contributed by atoms with Gasteiger partial charge in [-0.15, -0.1) is 0 Å². The van der Waals surface area contributed by atoms with Crippen LogP contribution in [0.25, 0.3) is 0 Å². The highest BCUT2D eigenvalue weighted by Gasteiger charge is 2.19. The van der Waals surface area contributed by atoms with Crippen molar-refractivity contribution in [1.29, 1.82) is 0 Å². The van der Waals surface area contributed by atoms with Crippen LogP contribution in [0.5, 0.6) is 0 Å². The Labute approximate surface area is 79.5 Å². The first-order valence-corrected chi connectivity index (χ1v) is 6.42. The van der Waals surface area contributed by atoms with Crippen LogP contribution in [0.3, 0.4) is 0 Å². The quantitative estimate of drug-likeness (QED) is 0.700. The van der Waals surface area contributed by atoms with Gasteiger partial charge in [-0.05, 0) is 25.2 Å². The van der Waals surface area contributed by atoms with Crippen LogP contribution in [0.15, 0.2) is 5.10 Å². The van der Waals surface area contributed by atoms with Crippen molar-refractivity contribution in [1.82, 2.24) is 4.83 Å². The third-order valence-electron chi connectivity index (χ3n) is 2.31. The zero-order chi connectivity index (χ0) is 9.90. The molecule has 1 rings (SSSR count). The summed E-state index contributed by atoms with van der Waals surface area (Å²) in [5.74, 6) is 0.695. The minimum absolute atomic E-state index is 0.695. The molecule has 13 heavy (non-hydrogen) atoms. The van der Waals surface area contributed by atoms with Gasteiger partial charge < -0.3 is 0 Å². The molecule has 1 fully saturated rings. The number of hydrogen-bond acceptors (Lipinski definition) is 3. The van der Waals surface area contributed by atoms with Crippen LogP contribution in [-0.2, 0) is 10.0 Å². The molecule has 1 aliphatic rings. The average Bonchev–Trinajstić information content (AvgIpc) is 2.47. The van der Waals surface area contributed by atoms with Gasteiger partial charge >= 0.3 is 0 Å². The van der Waals surface area contributed by atoms with Gasteiger partial charge in [0, 0.05) is 5.71 Å². The Morgan fingerprint density at radius 3 is 2.77 bits per heavy atom. The average molecular weight is 204 g/mol. The van der Waals surface area contributed by atoms with E-state index in [1.807, 2.05) is 0 Å². The Hall–Kier alpha value is -0.580. The van der Waals surface area contributed by atoms with Crippen LogP contribution in [0, 0.1) is 5.92 Å². The van der Waals surface area contributed by atoms with Crippen LogP contribution < -0.4 is 4.83 Å². The summed E-state index contributed by atoms with van der Waals surface area (Å²) >= 11 is 0. The van der Waals surface area contributed by atoms with Crippen molar-refractivity contribution in [2.45, 2.75) is 32.6 Å².